The van der Waals surface area contributed by atoms with Crippen molar-refractivity contribution in [2.75, 3.05) is 19.8 Å². The number of phosphoric acid groups is 1. The standard InChI is InChI=1S/C48H93O8P/c1-4-7-9-11-13-15-17-19-21-23-24-25-26-27-29-31-33-35-37-39-41-43-48(50)56-46(45-55-57(51,52)54-6-3)44-53-47(49)42-40-38-36-34-32-30-28-22-20-18-16-14-12-10-8-5-2/h23-24,46H,4-22,25-45H2,1-3H3,(H,51,52)/b24-23-. The van der Waals surface area contributed by atoms with Crippen LogP contribution in [-0.2, 0) is 32.7 Å². The van der Waals surface area contributed by atoms with E-state index >= 15 is 0 Å². The number of ether oxygens (including phenoxy) is 2. The lowest BCUT2D eigenvalue weighted by atomic mass is 10.0. The summed E-state index contributed by atoms with van der Waals surface area (Å²) in [5.41, 5.74) is 0. The molecule has 2 unspecified atom stereocenters. The van der Waals surface area contributed by atoms with Crippen LogP contribution < -0.4 is 0 Å². The van der Waals surface area contributed by atoms with Crippen molar-refractivity contribution in [3.63, 3.8) is 0 Å². The number of phosphoric ester groups is 1. The highest BCUT2D eigenvalue weighted by Crippen LogP contribution is 2.43. The summed E-state index contributed by atoms with van der Waals surface area (Å²) in [4.78, 5) is 34.9. The van der Waals surface area contributed by atoms with Crippen molar-refractivity contribution < 1.29 is 37.6 Å². The van der Waals surface area contributed by atoms with Crippen LogP contribution in [0.25, 0.3) is 0 Å². The van der Waals surface area contributed by atoms with Gasteiger partial charge in [-0.1, -0.05) is 212 Å². The van der Waals surface area contributed by atoms with Crippen molar-refractivity contribution in [1.29, 1.82) is 0 Å². The Labute approximate surface area is 352 Å². The van der Waals surface area contributed by atoms with E-state index in [-0.39, 0.29) is 32.2 Å². The molecular formula is C48H93O8P. The second kappa shape index (κ2) is 44.3. The third kappa shape index (κ3) is 44.2. The quantitative estimate of drug-likeness (QED) is 0.0280. The maximum atomic E-state index is 12.6. The highest BCUT2D eigenvalue weighted by molar-refractivity contribution is 7.47. The Morgan fingerprint density at radius 2 is 0.789 bits per heavy atom. The molecular weight excluding hydrogens is 735 g/mol. The molecule has 0 amide bonds. The third-order valence-electron chi connectivity index (χ3n) is 10.8. The molecule has 57 heavy (non-hydrogen) atoms. The second-order valence-corrected chi connectivity index (χ2v) is 17.9. The van der Waals surface area contributed by atoms with Gasteiger partial charge in [0.1, 0.15) is 6.61 Å². The van der Waals surface area contributed by atoms with E-state index in [1.54, 1.807) is 6.92 Å². The molecule has 0 aromatic heterocycles. The van der Waals surface area contributed by atoms with Gasteiger partial charge in [0.25, 0.3) is 0 Å². The molecule has 1 N–H and O–H groups in total. The van der Waals surface area contributed by atoms with Crippen molar-refractivity contribution in [3.8, 4) is 0 Å². The molecule has 0 saturated heterocycles. The van der Waals surface area contributed by atoms with Gasteiger partial charge in [-0.15, -0.1) is 0 Å². The molecule has 338 valence electrons. The molecule has 0 saturated carbocycles. The zero-order valence-electron chi connectivity index (χ0n) is 37.8. The molecule has 0 aliphatic rings. The summed E-state index contributed by atoms with van der Waals surface area (Å²) in [6.07, 6.45) is 48.4. The van der Waals surface area contributed by atoms with Crippen molar-refractivity contribution in [3.05, 3.63) is 12.2 Å². The Morgan fingerprint density at radius 1 is 0.456 bits per heavy atom. The van der Waals surface area contributed by atoms with E-state index in [0.717, 1.165) is 32.1 Å². The molecule has 2 atom stereocenters. The highest BCUT2D eigenvalue weighted by Gasteiger charge is 2.25. The van der Waals surface area contributed by atoms with E-state index in [4.69, 9.17) is 18.5 Å². The van der Waals surface area contributed by atoms with Gasteiger partial charge < -0.3 is 14.4 Å². The molecule has 0 rings (SSSR count). The van der Waals surface area contributed by atoms with Gasteiger partial charge in [0, 0.05) is 12.8 Å². The van der Waals surface area contributed by atoms with Gasteiger partial charge in [-0.3, -0.25) is 18.6 Å². The fourth-order valence-corrected chi connectivity index (χ4v) is 7.97. The van der Waals surface area contributed by atoms with Crippen LogP contribution in [-0.4, -0.2) is 42.8 Å². The second-order valence-electron chi connectivity index (χ2n) is 16.5. The molecule has 9 heteroatoms. The topological polar surface area (TPSA) is 108 Å². The van der Waals surface area contributed by atoms with Crippen LogP contribution in [0.2, 0.25) is 0 Å². The summed E-state index contributed by atoms with van der Waals surface area (Å²) in [6.45, 7) is 5.53. The van der Waals surface area contributed by atoms with Gasteiger partial charge in [0.15, 0.2) is 6.10 Å². The Kier molecular flexibility index (Phi) is 43.4. The molecule has 0 aliphatic heterocycles. The Balaban J connectivity index is 3.97. The molecule has 0 aliphatic carbocycles. The van der Waals surface area contributed by atoms with E-state index in [2.05, 4.69) is 26.0 Å². The van der Waals surface area contributed by atoms with Gasteiger partial charge >= 0.3 is 19.8 Å². The van der Waals surface area contributed by atoms with Crippen LogP contribution in [0.3, 0.4) is 0 Å². The summed E-state index contributed by atoms with van der Waals surface area (Å²) in [6, 6.07) is 0. The first kappa shape index (κ1) is 55.8. The van der Waals surface area contributed by atoms with Gasteiger partial charge in [0.05, 0.1) is 13.2 Å². The average molecular weight is 829 g/mol. The van der Waals surface area contributed by atoms with Gasteiger partial charge in [0.2, 0.25) is 0 Å². The molecule has 0 fully saturated rings. The molecule has 0 aromatic carbocycles. The van der Waals surface area contributed by atoms with Crippen molar-refractivity contribution in [2.24, 2.45) is 0 Å². The van der Waals surface area contributed by atoms with Gasteiger partial charge in [-0.2, -0.15) is 0 Å². The zero-order chi connectivity index (χ0) is 41.8. The number of unbranched alkanes of at least 4 members (excludes halogenated alkanes) is 32. The fourth-order valence-electron chi connectivity index (χ4n) is 7.21. The average Bonchev–Trinajstić information content (AvgIpc) is 3.19. The number of hydrogen-bond donors (Lipinski definition) is 1. The number of carbonyl (C=O) groups excluding carboxylic acids is 2. The SMILES string of the molecule is CCCCCCCCCC/C=C\CCCCCCCCCCCC(=O)OC(COC(=O)CCCCCCCCCCCCCCCCCC)COP(=O)(O)OCC. The zero-order valence-corrected chi connectivity index (χ0v) is 38.7. The lowest BCUT2D eigenvalue weighted by molar-refractivity contribution is -0.161. The first-order valence-corrected chi connectivity index (χ1v) is 26.0. The predicted molar refractivity (Wildman–Crippen MR) is 240 cm³/mol. The van der Waals surface area contributed by atoms with Crippen LogP contribution in [0.5, 0.6) is 0 Å². The van der Waals surface area contributed by atoms with Crippen LogP contribution in [0, 0.1) is 0 Å². The largest absolute Gasteiger partial charge is 0.472 e. The lowest BCUT2D eigenvalue weighted by Crippen LogP contribution is -2.29. The Bertz CT molecular complexity index is 941. The maximum absolute atomic E-state index is 12.6. The van der Waals surface area contributed by atoms with E-state index in [0.29, 0.717) is 12.8 Å². The minimum absolute atomic E-state index is 0.00357. The minimum atomic E-state index is -4.28. The van der Waals surface area contributed by atoms with Gasteiger partial charge in [-0.05, 0) is 45.4 Å². The first-order valence-electron chi connectivity index (χ1n) is 24.5. The molecule has 0 aromatic rings. The Morgan fingerprint density at radius 3 is 1.16 bits per heavy atom. The number of hydrogen-bond acceptors (Lipinski definition) is 7. The first-order chi connectivity index (χ1) is 27.8. The van der Waals surface area contributed by atoms with E-state index < -0.39 is 19.9 Å². The molecule has 0 heterocycles. The Hall–Kier alpha value is -1.21. The summed E-state index contributed by atoms with van der Waals surface area (Å²) in [7, 11) is -4.28. The normalized spacial score (nSPS) is 13.3. The smallest absolute Gasteiger partial charge is 0.462 e. The summed E-state index contributed by atoms with van der Waals surface area (Å²) in [5, 5.41) is 0. The number of carbonyl (C=O) groups is 2. The van der Waals surface area contributed by atoms with Crippen LogP contribution >= 0.6 is 7.82 Å². The van der Waals surface area contributed by atoms with Crippen LogP contribution in [0.15, 0.2) is 12.2 Å². The molecule has 0 spiro atoms. The van der Waals surface area contributed by atoms with Gasteiger partial charge in [-0.25, -0.2) is 4.57 Å². The van der Waals surface area contributed by atoms with E-state index in [1.807, 2.05) is 0 Å². The minimum Gasteiger partial charge on any atom is -0.462 e. The van der Waals surface area contributed by atoms with Crippen molar-refractivity contribution in [2.45, 2.75) is 264 Å². The third-order valence-corrected chi connectivity index (χ3v) is 11.9. The molecule has 8 nitrogen and oxygen atoms in total. The van der Waals surface area contributed by atoms with Crippen LogP contribution in [0.4, 0.5) is 0 Å². The maximum Gasteiger partial charge on any atom is 0.472 e. The monoisotopic (exact) mass is 829 g/mol. The highest BCUT2D eigenvalue weighted by atomic mass is 31.2. The number of rotatable bonds is 46. The lowest BCUT2D eigenvalue weighted by Gasteiger charge is -2.19. The fraction of sp³-hybridized carbons (Fsp3) is 0.917. The summed E-state index contributed by atoms with van der Waals surface area (Å²) >= 11 is 0. The van der Waals surface area contributed by atoms with Crippen molar-refractivity contribution >= 4 is 19.8 Å². The predicted octanol–water partition coefficient (Wildman–Crippen LogP) is 15.6. The number of allylic oxidation sites excluding steroid dienone is 2. The number of esters is 2. The van der Waals surface area contributed by atoms with E-state index in [9.17, 15) is 19.0 Å². The molecule has 0 radical (unpaired) electrons. The summed E-state index contributed by atoms with van der Waals surface area (Å²) in [5.74, 6) is -0.784. The summed E-state index contributed by atoms with van der Waals surface area (Å²) < 4.78 is 32.8. The molecule has 0 bridgehead atoms. The van der Waals surface area contributed by atoms with E-state index in [1.165, 1.54) is 186 Å². The van der Waals surface area contributed by atoms with Crippen molar-refractivity contribution in [1.82, 2.24) is 0 Å². The van der Waals surface area contributed by atoms with Crippen LogP contribution in [0.1, 0.15) is 258 Å².